The maximum absolute atomic E-state index is 12.5. The van der Waals surface area contributed by atoms with Gasteiger partial charge in [-0.15, -0.1) is 0 Å². The number of hydrogen-bond acceptors (Lipinski definition) is 3. The first kappa shape index (κ1) is 18.6. The van der Waals surface area contributed by atoms with Crippen LogP contribution in [0.2, 0.25) is 0 Å². The second-order valence-corrected chi connectivity index (χ2v) is 8.54. The van der Waals surface area contributed by atoms with E-state index in [1.165, 1.54) is 5.56 Å². The van der Waals surface area contributed by atoms with Crippen LogP contribution in [0.15, 0.2) is 41.3 Å². The summed E-state index contributed by atoms with van der Waals surface area (Å²) in [5, 5.41) is 2.79. The monoisotopic (exact) mass is 372 g/mol. The Hall–Kier alpha value is -2.18. The highest BCUT2D eigenvalue weighted by Gasteiger charge is 2.19. The van der Waals surface area contributed by atoms with Gasteiger partial charge in [-0.25, -0.2) is 13.1 Å². The highest BCUT2D eigenvalue weighted by Crippen LogP contribution is 2.24. The number of hydrogen-bond donors (Lipinski definition) is 2. The first-order valence-electron chi connectivity index (χ1n) is 8.84. The van der Waals surface area contributed by atoms with E-state index in [0.29, 0.717) is 0 Å². The zero-order chi connectivity index (χ0) is 18.7. The number of carbonyl (C=O) groups is 1. The normalized spacial score (nSPS) is 13.9. The Labute approximate surface area is 154 Å². The van der Waals surface area contributed by atoms with Gasteiger partial charge in [0, 0.05) is 5.69 Å². The lowest BCUT2D eigenvalue weighted by atomic mass is 9.92. The number of anilines is 1. The summed E-state index contributed by atoms with van der Waals surface area (Å²) < 4.78 is 27.4. The summed E-state index contributed by atoms with van der Waals surface area (Å²) in [5.41, 5.74) is 4.93. The van der Waals surface area contributed by atoms with Gasteiger partial charge in [-0.3, -0.25) is 4.79 Å². The molecule has 0 atom stereocenters. The van der Waals surface area contributed by atoms with Gasteiger partial charge in [-0.2, -0.15) is 0 Å². The topological polar surface area (TPSA) is 75.3 Å². The van der Waals surface area contributed by atoms with E-state index in [1.807, 2.05) is 38.1 Å². The number of para-hydroxylation sites is 1. The molecule has 0 saturated heterocycles. The summed E-state index contributed by atoms with van der Waals surface area (Å²) in [5.74, 6) is -0.385. The van der Waals surface area contributed by atoms with Crippen molar-refractivity contribution in [2.45, 2.75) is 44.4 Å². The van der Waals surface area contributed by atoms with Crippen molar-refractivity contribution in [2.75, 3.05) is 11.9 Å². The standard InChI is InChI=1S/C20H24N2O3S/c1-14-6-5-7-15(2)20(14)22-19(23)13-21-26(24,25)18-11-10-16-8-3-4-9-17(16)12-18/h5-7,10-12,21H,3-4,8-9,13H2,1-2H3,(H,22,23). The molecule has 26 heavy (non-hydrogen) atoms. The van der Waals surface area contributed by atoms with Gasteiger partial charge in [0.15, 0.2) is 0 Å². The first-order valence-corrected chi connectivity index (χ1v) is 10.3. The van der Waals surface area contributed by atoms with E-state index in [-0.39, 0.29) is 17.3 Å². The Bertz CT molecular complexity index is 916. The molecule has 6 heteroatoms. The van der Waals surface area contributed by atoms with Crippen molar-refractivity contribution in [1.82, 2.24) is 4.72 Å². The Morgan fingerprint density at radius 3 is 2.35 bits per heavy atom. The number of rotatable bonds is 5. The molecule has 1 amide bonds. The van der Waals surface area contributed by atoms with E-state index in [0.717, 1.165) is 48.1 Å². The zero-order valence-electron chi connectivity index (χ0n) is 15.1. The van der Waals surface area contributed by atoms with Crippen molar-refractivity contribution in [2.24, 2.45) is 0 Å². The molecule has 0 unspecified atom stereocenters. The molecule has 3 rings (SSSR count). The van der Waals surface area contributed by atoms with Crippen LogP contribution < -0.4 is 10.0 Å². The van der Waals surface area contributed by atoms with Crippen LogP contribution in [0.5, 0.6) is 0 Å². The molecular weight excluding hydrogens is 348 g/mol. The van der Waals surface area contributed by atoms with Crippen molar-refractivity contribution in [3.63, 3.8) is 0 Å². The van der Waals surface area contributed by atoms with Crippen molar-refractivity contribution < 1.29 is 13.2 Å². The Morgan fingerprint density at radius 1 is 1.00 bits per heavy atom. The summed E-state index contributed by atoms with van der Waals surface area (Å²) in [6.07, 6.45) is 4.14. The zero-order valence-corrected chi connectivity index (χ0v) is 15.9. The number of nitrogens with one attached hydrogen (secondary N) is 2. The molecule has 0 fully saturated rings. The minimum atomic E-state index is -3.71. The lowest BCUT2D eigenvalue weighted by molar-refractivity contribution is -0.115. The minimum Gasteiger partial charge on any atom is -0.324 e. The molecule has 0 spiro atoms. The Kier molecular flexibility index (Phi) is 5.44. The van der Waals surface area contributed by atoms with Gasteiger partial charge in [-0.1, -0.05) is 24.3 Å². The highest BCUT2D eigenvalue weighted by molar-refractivity contribution is 7.89. The summed E-state index contributed by atoms with van der Waals surface area (Å²) in [4.78, 5) is 12.4. The number of fused-ring (bicyclic) bond motifs is 1. The number of carbonyl (C=O) groups excluding carboxylic acids is 1. The molecule has 0 radical (unpaired) electrons. The number of amides is 1. The largest absolute Gasteiger partial charge is 0.324 e. The predicted molar refractivity (Wildman–Crippen MR) is 103 cm³/mol. The van der Waals surface area contributed by atoms with Gasteiger partial charge in [0.1, 0.15) is 0 Å². The van der Waals surface area contributed by atoms with Crippen LogP contribution in [0.25, 0.3) is 0 Å². The van der Waals surface area contributed by atoms with Gasteiger partial charge >= 0.3 is 0 Å². The maximum Gasteiger partial charge on any atom is 0.241 e. The molecule has 138 valence electrons. The van der Waals surface area contributed by atoms with Gasteiger partial charge in [0.25, 0.3) is 0 Å². The lowest BCUT2D eigenvalue weighted by Crippen LogP contribution is -2.33. The van der Waals surface area contributed by atoms with Crippen LogP contribution in [0.1, 0.15) is 35.1 Å². The van der Waals surface area contributed by atoms with Crippen LogP contribution in [0, 0.1) is 13.8 Å². The third-order valence-corrected chi connectivity index (χ3v) is 6.20. The van der Waals surface area contributed by atoms with Crippen molar-refractivity contribution >= 4 is 21.6 Å². The predicted octanol–water partition coefficient (Wildman–Crippen LogP) is 3.10. The third-order valence-electron chi connectivity index (χ3n) is 4.80. The van der Waals surface area contributed by atoms with Crippen LogP contribution in [-0.4, -0.2) is 20.9 Å². The quantitative estimate of drug-likeness (QED) is 0.847. The molecule has 2 aromatic carbocycles. The molecule has 0 saturated carbocycles. The molecule has 1 aliphatic rings. The van der Waals surface area contributed by atoms with E-state index in [2.05, 4.69) is 10.0 Å². The van der Waals surface area contributed by atoms with Crippen LogP contribution >= 0.6 is 0 Å². The lowest BCUT2D eigenvalue weighted by Gasteiger charge is -2.17. The maximum atomic E-state index is 12.5. The Morgan fingerprint density at radius 2 is 1.65 bits per heavy atom. The molecule has 2 aromatic rings. The van der Waals surface area contributed by atoms with E-state index < -0.39 is 10.0 Å². The van der Waals surface area contributed by atoms with E-state index in [1.54, 1.807) is 12.1 Å². The van der Waals surface area contributed by atoms with Gasteiger partial charge < -0.3 is 5.32 Å². The van der Waals surface area contributed by atoms with Crippen LogP contribution in [0.3, 0.4) is 0 Å². The number of aryl methyl sites for hydroxylation is 4. The molecule has 1 aliphatic carbocycles. The Balaban J connectivity index is 1.67. The highest BCUT2D eigenvalue weighted by atomic mass is 32.2. The average molecular weight is 372 g/mol. The van der Waals surface area contributed by atoms with Crippen LogP contribution in [0.4, 0.5) is 5.69 Å². The molecule has 5 nitrogen and oxygen atoms in total. The minimum absolute atomic E-state index is 0.220. The summed E-state index contributed by atoms with van der Waals surface area (Å²) >= 11 is 0. The fraction of sp³-hybridized carbons (Fsp3) is 0.350. The molecule has 2 N–H and O–H groups in total. The van der Waals surface area contributed by atoms with E-state index in [9.17, 15) is 13.2 Å². The molecule has 0 aliphatic heterocycles. The molecular formula is C20H24N2O3S. The fourth-order valence-corrected chi connectivity index (χ4v) is 4.35. The summed E-state index contributed by atoms with van der Waals surface area (Å²) in [7, 11) is -3.71. The van der Waals surface area contributed by atoms with Crippen molar-refractivity contribution in [1.29, 1.82) is 0 Å². The molecule has 0 bridgehead atoms. The van der Waals surface area contributed by atoms with E-state index >= 15 is 0 Å². The first-order chi connectivity index (χ1) is 12.4. The SMILES string of the molecule is Cc1cccc(C)c1NC(=O)CNS(=O)(=O)c1ccc2c(c1)CCCC2. The van der Waals surface area contributed by atoms with E-state index in [4.69, 9.17) is 0 Å². The second kappa shape index (κ2) is 7.60. The van der Waals surface area contributed by atoms with Crippen LogP contribution in [-0.2, 0) is 27.7 Å². The second-order valence-electron chi connectivity index (χ2n) is 6.78. The van der Waals surface area contributed by atoms with Crippen molar-refractivity contribution in [3.05, 3.63) is 58.7 Å². The van der Waals surface area contributed by atoms with Gasteiger partial charge in [-0.05, 0) is 73.9 Å². The number of benzene rings is 2. The smallest absolute Gasteiger partial charge is 0.241 e. The van der Waals surface area contributed by atoms with Crippen molar-refractivity contribution in [3.8, 4) is 0 Å². The molecule has 0 heterocycles. The fourth-order valence-electron chi connectivity index (χ4n) is 3.32. The summed E-state index contributed by atoms with van der Waals surface area (Å²) in [6.45, 7) is 3.51. The third kappa shape index (κ3) is 4.14. The average Bonchev–Trinajstić information content (AvgIpc) is 2.63. The van der Waals surface area contributed by atoms with Gasteiger partial charge in [0.05, 0.1) is 11.4 Å². The number of sulfonamides is 1. The molecule has 0 aromatic heterocycles. The summed E-state index contributed by atoms with van der Waals surface area (Å²) in [6, 6.07) is 11.0. The van der Waals surface area contributed by atoms with Gasteiger partial charge in [0.2, 0.25) is 15.9 Å².